The van der Waals surface area contributed by atoms with Gasteiger partial charge in [-0.25, -0.2) is 4.79 Å². The van der Waals surface area contributed by atoms with Crippen molar-refractivity contribution in [2.45, 2.75) is 32.5 Å². The van der Waals surface area contributed by atoms with Crippen LogP contribution in [-0.4, -0.2) is 6.09 Å². The molecule has 0 aliphatic heterocycles. The summed E-state index contributed by atoms with van der Waals surface area (Å²) >= 11 is 6.03. The van der Waals surface area contributed by atoms with Crippen molar-refractivity contribution in [3.05, 3.63) is 58.1 Å². The maximum Gasteiger partial charge on any atom is 0.417 e. The number of hydrogen-bond acceptors (Lipinski definition) is 2. The van der Waals surface area contributed by atoms with Crippen molar-refractivity contribution in [1.82, 2.24) is 0 Å². The number of benzene rings is 2. The first-order valence-corrected chi connectivity index (χ1v) is 8.33. The van der Waals surface area contributed by atoms with E-state index in [9.17, 15) is 18.0 Å². The van der Waals surface area contributed by atoms with Crippen molar-refractivity contribution < 1.29 is 22.7 Å². The number of nitrogens with two attached hydrogens (primary N) is 1. The zero-order chi connectivity index (χ0) is 19.3. The Morgan fingerprint density at radius 3 is 2.58 bits per heavy atom. The van der Waals surface area contributed by atoms with E-state index < -0.39 is 23.9 Å². The molecule has 3 nitrogen and oxygen atoms in total. The van der Waals surface area contributed by atoms with Gasteiger partial charge in [-0.05, 0) is 29.2 Å². The molecule has 0 saturated carbocycles. The third-order valence-corrected chi connectivity index (χ3v) is 5.04. The molecule has 138 valence electrons. The molecule has 2 N–H and O–H groups in total. The lowest BCUT2D eigenvalue weighted by molar-refractivity contribution is -0.137. The summed E-state index contributed by atoms with van der Waals surface area (Å²) in [5.41, 5.74) is 6.52. The number of primary amides is 1. The lowest BCUT2D eigenvalue weighted by Crippen LogP contribution is -2.25. The predicted molar refractivity (Wildman–Crippen MR) is 92.8 cm³/mol. The van der Waals surface area contributed by atoms with Gasteiger partial charge in [0.05, 0.1) is 10.6 Å². The highest BCUT2D eigenvalue weighted by molar-refractivity contribution is 6.34. The quantitative estimate of drug-likeness (QED) is 0.718. The van der Waals surface area contributed by atoms with E-state index in [1.54, 1.807) is 24.3 Å². The Balaban J connectivity index is 2.06. The molecule has 2 aromatic carbocycles. The molecule has 7 heteroatoms. The van der Waals surface area contributed by atoms with Crippen LogP contribution in [0.25, 0.3) is 11.1 Å². The summed E-state index contributed by atoms with van der Waals surface area (Å²) in [6, 6.07) is 9.07. The third-order valence-electron chi connectivity index (χ3n) is 4.63. The van der Waals surface area contributed by atoms with Crippen molar-refractivity contribution in [3.63, 3.8) is 0 Å². The number of halogens is 4. The highest BCUT2D eigenvalue weighted by Gasteiger charge is 2.41. The van der Waals surface area contributed by atoms with Crippen LogP contribution in [0, 0.1) is 5.41 Å². The molecule has 0 fully saturated rings. The van der Waals surface area contributed by atoms with Gasteiger partial charge in [-0.1, -0.05) is 55.8 Å². The van der Waals surface area contributed by atoms with E-state index in [1.807, 2.05) is 13.8 Å². The first-order valence-electron chi connectivity index (χ1n) is 7.96. The fraction of sp³-hybridized carbons (Fsp3) is 0.316. The average Bonchev–Trinajstić information content (AvgIpc) is 2.75. The van der Waals surface area contributed by atoms with Gasteiger partial charge in [0.2, 0.25) is 0 Å². The standard InChI is InChI=1S/C19H17ClF3NO2/c1-18(2)9-11-8-10(6-7-13(11)16(18)26-17(24)25)12-4-3-5-14(15(12)20)19(21,22)23/h3-8,16H,9H2,1-2H3,(H2,24,25). The van der Waals surface area contributed by atoms with Crippen LogP contribution in [-0.2, 0) is 17.3 Å². The van der Waals surface area contributed by atoms with Gasteiger partial charge in [0, 0.05) is 11.0 Å². The van der Waals surface area contributed by atoms with Gasteiger partial charge in [-0.2, -0.15) is 13.2 Å². The van der Waals surface area contributed by atoms with Gasteiger partial charge in [-0.3, -0.25) is 0 Å². The van der Waals surface area contributed by atoms with Crippen molar-refractivity contribution in [3.8, 4) is 11.1 Å². The van der Waals surface area contributed by atoms with E-state index in [-0.39, 0.29) is 10.4 Å². The van der Waals surface area contributed by atoms with E-state index in [2.05, 4.69) is 0 Å². The normalized spacial score (nSPS) is 18.5. The summed E-state index contributed by atoms with van der Waals surface area (Å²) in [5.74, 6) is 0. The maximum atomic E-state index is 13.1. The fourth-order valence-electron chi connectivity index (χ4n) is 3.50. The minimum Gasteiger partial charge on any atom is -0.441 e. The number of alkyl halides is 3. The van der Waals surface area contributed by atoms with Gasteiger partial charge >= 0.3 is 12.3 Å². The second-order valence-corrected chi connectivity index (χ2v) is 7.44. The van der Waals surface area contributed by atoms with Gasteiger partial charge in [-0.15, -0.1) is 0 Å². The summed E-state index contributed by atoms with van der Waals surface area (Å²) in [7, 11) is 0. The van der Waals surface area contributed by atoms with Gasteiger partial charge < -0.3 is 10.5 Å². The second kappa shape index (κ2) is 6.20. The number of rotatable bonds is 2. The lowest BCUT2D eigenvalue weighted by Gasteiger charge is -2.26. The van der Waals surface area contributed by atoms with Crippen LogP contribution in [0.4, 0.5) is 18.0 Å². The van der Waals surface area contributed by atoms with E-state index in [1.165, 1.54) is 6.07 Å². The molecule has 0 saturated heterocycles. The van der Waals surface area contributed by atoms with Crippen molar-refractivity contribution in [2.24, 2.45) is 11.1 Å². The highest BCUT2D eigenvalue weighted by Crippen LogP contribution is 2.49. The van der Waals surface area contributed by atoms with Crippen LogP contribution < -0.4 is 5.73 Å². The Labute approximate surface area is 153 Å². The summed E-state index contributed by atoms with van der Waals surface area (Å²) in [6.45, 7) is 3.88. The number of ether oxygens (including phenoxy) is 1. The number of fused-ring (bicyclic) bond motifs is 1. The van der Waals surface area contributed by atoms with Crippen molar-refractivity contribution in [1.29, 1.82) is 0 Å². The Hall–Kier alpha value is -2.21. The molecular weight excluding hydrogens is 367 g/mol. The van der Waals surface area contributed by atoms with Crippen LogP contribution in [0.3, 0.4) is 0 Å². The van der Waals surface area contributed by atoms with Crippen LogP contribution in [0.5, 0.6) is 0 Å². The monoisotopic (exact) mass is 383 g/mol. The molecule has 1 unspecified atom stereocenters. The maximum absolute atomic E-state index is 13.1. The van der Waals surface area contributed by atoms with Crippen molar-refractivity contribution >= 4 is 17.7 Å². The van der Waals surface area contributed by atoms with Crippen LogP contribution in [0.15, 0.2) is 36.4 Å². The lowest BCUT2D eigenvalue weighted by atomic mass is 9.87. The summed E-state index contributed by atoms with van der Waals surface area (Å²) in [6.07, 6.45) is -5.28. The molecule has 0 spiro atoms. The molecule has 1 atom stereocenters. The minimum atomic E-state index is -4.52. The van der Waals surface area contributed by atoms with E-state index in [4.69, 9.17) is 22.1 Å². The van der Waals surface area contributed by atoms with E-state index >= 15 is 0 Å². The fourth-order valence-corrected chi connectivity index (χ4v) is 3.84. The number of amides is 1. The van der Waals surface area contributed by atoms with Gasteiger partial charge in [0.1, 0.15) is 6.10 Å². The Bertz CT molecular complexity index is 878. The summed E-state index contributed by atoms with van der Waals surface area (Å²) < 4.78 is 44.5. The zero-order valence-electron chi connectivity index (χ0n) is 14.2. The first kappa shape index (κ1) is 18.6. The average molecular weight is 384 g/mol. The molecule has 1 aliphatic rings. The van der Waals surface area contributed by atoms with Crippen molar-refractivity contribution in [2.75, 3.05) is 0 Å². The van der Waals surface area contributed by atoms with Crippen LogP contribution in [0.2, 0.25) is 5.02 Å². The topological polar surface area (TPSA) is 52.3 Å². The smallest absolute Gasteiger partial charge is 0.417 e. The Kier molecular flexibility index (Phi) is 4.43. The summed E-state index contributed by atoms with van der Waals surface area (Å²) in [4.78, 5) is 11.2. The number of carbonyl (C=O) groups excluding carboxylic acids is 1. The molecule has 1 amide bonds. The first-order chi connectivity index (χ1) is 12.0. The second-order valence-electron chi connectivity index (χ2n) is 7.06. The summed E-state index contributed by atoms with van der Waals surface area (Å²) in [5, 5.41) is -0.331. The Morgan fingerprint density at radius 1 is 1.27 bits per heavy atom. The van der Waals surface area contributed by atoms with Crippen LogP contribution >= 0.6 is 11.6 Å². The van der Waals surface area contributed by atoms with E-state index in [0.717, 1.165) is 17.2 Å². The predicted octanol–water partition coefficient (Wildman–Crippen LogP) is 5.74. The molecule has 1 aliphatic carbocycles. The van der Waals surface area contributed by atoms with Gasteiger partial charge in [0.25, 0.3) is 0 Å². The number of hydrogen-bond donors (Lipinski definition) is 1. The largest absolute Gasteiger partial charge is 0.441 e. The minimum absolute atomic E-state index is 0.307. The SMILES string of the molecule is CC1(C)Cc2cc(-c3cccc(C(F)(F)F)c3Cl)ccc2C1OC(N)=O. The molecule has 26 heavy (non-hydrogen) atoms. The molecule has 3 rings (SSSR count). The van der Waals surface area contributed by atoms with Crippen LogP contribution in [0.1, 0.15) is 36.6 Å². The molecule has 0 heterocycles. The molecule has 0 radical (unpaired) electrons. The van der Waals surface area contributed by atoms with Gasteiger partial charge in [0.15, 0.2) is 0 Å². The molecule has 0 aromatic heterocycles. The molecular formula is C19H17ClF3NO2. The highest BCUT2D eigenvalue weighted by atomic mass is 35.5. The molecule has 0 bridgehead atoms. The Morgan fingerprint density at radius 2 is 1.96 bits per heavy atom. The third kappa shape index (κ3) is 3.26. The number of carbonyl (C=O) groups is 1. The zero-order valence-corrected chi connectivity index (χ0v) is 14.9. The molecule has 2 aromatic rings. The van der Waals surface area contributed by atoms with E-state index in [0.29, 0.717) is 17.5 Å².